The van der Waals surface area contributed by atoms with Crippen molar-refractivity contribution in [2.75, 3.05) is 6.54 Å². The van der Waals surface area contributed by atoms with E-state index in [9.17, 15) is 0 Å². The molecule has 1 aliphatic carbocycles. The third kappa shape index (κ3) is 3.72. The van der Waals surface area contributed by atoms with Gasteiger partial charge in [0.1, 0.15) is 0 Å². The Morgan fingerprint density at radius 2 is 2.17 bits per heavy atom. The number of halogens is 1. The maximum Gasteiger partial charge on any atom is 0.0960 e. The van der Waals surface area contributed by atoms with Crippen LogP contribution in [0.25, 0.3) is 0 Å². The van der Waals surface area contributed by atoms with Gasteiger partial charge in [0.2, 0.25) is 0 Å². The molecule has 1 atom stereocenters. The van der Waals surface area contributed by atoms with Crippen LogP contribution < -0.4 is 5.32 Å². The Morgan fingerprint density at radius 1 is 1.44 bits per heavy atom. The van der Waals surface area contributed by atoms with E-state index in [1.165, 1.54) is 49.0 Å². The van der Waals surface area contributed by atoms with Gasteiger partial charge >= 0.3 is 0 Å². The van der Waals surface area contributed by atoms with Crippen LogP contribution in [0.3, 0.4) is 0 Å². The van der Waals surface area contributed by atoms with Crippen LogP contribution in [0.1, 0.15) is 61.9 Å². The van der Waals surface area contributed by atoms with Crippen LogP contribution in [0.4, 0.5) is 0 Å². The Labute approximate surface area is 120 Å². The van der Waals surface area contributed by atoms with Crippen LogP contribution in [0.15, 0.2) is 6.07 Å². The number of rotatable bonds is 6. The zero-order valence-corrected chi connectivity index (χ0v) is 13.0. The Bertz CT molecular complexity index is 349. The molecule has 0 aromatic carbocycles. The van der Waals surface area contributed by atoms with Crippen molar-refractivity contribution >= 4 is 22.9 Å². The van der Waals surface area contributed by atoms with Crippen LogP contribution in [0, 0.1) is 12.8 Å². The molecule has 102 valence electrons. The molecule has 1 aromatic heterocycles. The monoisotopic (exact) mass is 285 g/mol. The summed E-state index contributed by atoms with van der Waals surface area (Å²) in [5.74, 6) is 0.975. The highest BCUT2D eigenvalue weighted by Crippen LogP contribution is 2.35. The maximum atomic E-state index is 6.19. The zero-order valence-electron chi connectivity index (χ0n) is 11.5. The fraction of sp³-hybridized carbons (Fsp3) is 0.733. The lowest BCUT2D eigenvalue weighted by Gasteiger charge is -2.18. The predicted octanol–water partition coefficient (Wildman–Crippen LogP) is 5.33. The minimum atomic E-state index is 0.506. The molecule has 1 aromatic rings. The minimum Gasteiger partial charge on any atom is -0.310 e. The van der Waals surface area contributed by atoms with Crippen molar-refractivity contribution in [3.63, 3.8) is 0 Å². The normalized spacial score (nSPS) is 18.4. The van der Waals surface area contributed by atoms with Crippen LogP contribution in [0.2, 0.25) is 4.34 Å². The molecule has 0 radical (unpaired) electrons. The van der Waals surface area contributed by atoms with Gasteiger partial charge in [-0.3, -0.25) is 0 Å². The quantitative estimate of drug-likeness (QED) is 0.745. The molecular formula is C15H24ClNS. The van der Waals surface area contributed by atoms with E-state index in [1.807, 2.05) is 0 Å². The molecular weight excluding hydrogens is 262 g/mol. The highest BCUT2D eigenvalue weighted by atomic mass is 35.5. The molecule has 18 heavy (non-hydrogen) atoms. The molecule has 3 heteroatoms. The molecule has 0 aliphatic heterocycles. The highest BCUT2D eigenvalue weighted by Gasteiger charge is 2.19. The average molecular weight is 286 g/mol. The van der Waals surface area contributed by atoms with Gasteiger partial charge in [-0.25, -0.2) is 0 Å². The number of hydrogen-bond acceptors (Lipinski definition) is 2. The van der Waals surface area contributed by atoms with Gasteiger partial charge in [0.15, 0.2) is 0 Å². The lowest BCUT2D eigenvalue weighted by atomic mass is 9.97. The second-order valence-electron chi connectivity index (χ2n) is 5.44. The topological polar surface area (TPSA) is 12.0 Å². The summed E-state index contributed by atoms with van der Waals surface area (Å²) in [6.07, 6.45) is 8.41. The number of aryl methyl sites for hydroxylation is 1. The smallest absolute Gasteiger partial charge is 0.0960 e. The standard InChI is InChI=1S/C15H24ClNS/c1-3-17-13(9-8-12-6-4-5-7-12)14-10-11(2)15(16)18-14/h10,12-13,17H,3-9H2,1-2H3. The van der Waals surface area contributed by atoms with E-state index in [4.69, 9.17) is 11.6 Å². The fourth-order valence-electron chi connectivity index (χ4n) is 2.95. The van der Waals surface area contributed by atoms with E-state index in [1.54, 1.807) is 11.3 Å². The minimum absolute atomic E-state index is 0.506. The molecule has 0 spiro atoms. The van der Waals surface area contributed by atoms with Gasteiger partial charge in [-0.15, -0.1) is 11.3 Å². The Morgan fingerprint density at radius 3 is 2.72 bits per heavy atom. The maximum absolute atomic E-state index is 6.19. The summed E-state index contributed by atoms with van der Waals surface area (Å²) < 4.78 is 0.953. The van der Waals surface area contributed by atoms with E-state index >= 15 is 0 Å². The summed E-state index contributed by atoms with van der Waals surface area (Å²) in [6.45, 7) is 5.32. The number of thiophene rings is 1. The number of hydrogen-bond donors (Lipinski definition) is 1. The zero-order chi connectivity index (χ0) is 13.0. The van der Waals surface area contributed by atoms with E-state index < -0.39 is 0 Å². The molecule has 1 unspecified atom stereocenters. The van der Waals surface area contributed by atoms with Crippen molar-refractivity contribution in [2.24, 2.45) is 5.92 Å². The highest BCUT2D eigenvalue weighted by molar-refractivity contribution is 7.16. The van der Waals surface area contributed by atoms with Gasteiger partial charge in [-0.2, -0.15) is 0 Å². The van der Waals surface area contributed by atoms with Crippen molar-refractivity contribution in [3.8, 4) is 0 Å². The van der Waals surface area contributed by atoms with Crippen LogP contribution in [0.5, 0.6) is 0 Å². The lowest BCUT2D eigenvalue weighted by molar-refractivity contribution is 0.420. The first-order chi connectivity index (χ1) is 8.70. The van der Waals surface area contributed by atoms with Crippen molar-refractivity contribution in [2.45, 2.75) is 58.4 Å². The molecule has 0 bridgehead atoms. The van der Waals surface area contributed by atoms with E-state index in [-0.39, 0.29) is 0 Å². The van der Waals surface area contributed by atoms with Gasteiger partial charge < -0.3 is 5.32 Å². The third-order valence-corrected chi connectivity index (χ3v) is 5.68. The second-order valence-corrected chi connectivity index (χ2v) is 7.13. The first-order valence-corrected chi connectivity index (χ1v) is 8.39. The van der Waals surface area contributed by atoms with Gasteiger partial charge in [0, 0.05) is 10.9 Å². The van der Waals surface area contributed by atoms with Gasteiger partial charge in [-0.05, 0) is 43.9 Å². The molecule has 1 aliphatic rings. The summed E-state index contributed by atoms with van der Waals surface area (Å²) in [7, 11) is 0. The van der Waals surface area contributed by atoms with Crippen LogP contribution in [-0.4, -0.2) is 6.54 Å². The Kier molecular flexibility index (Phi) is 5.53. The van der Waals surface area contributed by atoms with Crippen LogP contribution in [-0.2, 0) is 0 Å². The van der Waals surface area contributed by atoms with Gasteiger partial charge in [0.25, 0.3) is 0 Å². The molecule has 1 fully saturated rings. The first kappa shape index (κ1) is 14.4. The Balaban J connectivity index is 1.94. The summed E-state index contributed by atoms with van der Waals surface area (Å²) >= 11 is 7.94. The van der Waals surface area contributed by atoms with Gasteiger partial charge in [0.05, 0.1) is 4.34 Å². The molecule has 2 rings (SSSR count). The van der Waals surface area contributed by atoms with Gasteiger partial charge in [-0.1, -0.05) is 44.2 Å². The van der Waals surface area contributed by atoms with Crippen molar-refractivity contribution in [3.05, 3.63) is 20.8 Å². The average Bonchev–Trinajstić information content (AvgIpc) is 2.96. The third-order valence-electron chi connectivity index (χ3n) is 4.01. The fourth-order valence-corrected chi connectivity index (χ4v) is 4.28. The predicted molar refractivity (Wildman–Crippen MR) is 81.7 cm³/mol. The van der Waals surface area contributed by atoms with Crippen molar-refractivity contribution in [1.82, 2.24) is 5.32 Å². The molecule has 0 amide bonds. The molecule has 1 heterocycles. The molecule has 1 nitrogen and oxygen atoms in total. The van der Waals surface area contributed by atoms with E-state index in [0.717, 1.165) is 16.8 Å². The summed E-state index contributed by atoms with van der Waals surface area (Å²) in [5, 5.41) is 3.62. The Hall–Kier alpha value is -0.0500. The molecule has 1 saturated carbocycles. The first-order valence-electron chi connectivity index (χ1n) is 7.20. The molecule has 1 N–H and O–H groups in total. The molecule has 0 saturated heterocycles. The SMILES string of the molecule is CCNC(CCC1CCCC1)c1cc(C)c(Cl)s1. The van der Waals surface area contributed by atoms with E-state index in [2.05, 4.69) is 25.2 Å². The lowest BCUT2D eigenvalue weighted by Crippen LogP contribution is -2.20. The summed E-state index contributed by atoms with van der Waals surface area (Å²) in [6, 6.07) is 2.77. The second kappa shape index (κ2) is 6.93. The van der Waals surface area contributed by atoms with Crippen molar-refractivity contribution < 1.29 is 0 Å². The van der Waals surface area contributed by atoms with E-state index in [0.29, 0.717) is 6.04 Å². The number of nitrogens with one attached hydrogen (secondary N) is 1. The summed E-state index contributed by atoms with van der Waals surface area (Å²) in [5.41, 5.74) is 1.22. The largest absolute Gasteiger partial charge is 0.310 e. The summed E-state index contributed by atoms with van der Waals surface area (Å²) in [4.78, 5) is 1.41. The van der Waals surface area contributed by atoms with Crippen LogP contribution >= 0.6 is 22.9 Å². The van der Waals surface area contributed by atoms with Crippen molar-refractivity contribution in [1.29, 1.82) is 0 Å².